The third kappa shape index (κ3) is 2.81. The van der Waals surface area contributed by atoms with E-state index < -0.39 is 0 Å². The Kier molecular flexibility index (Phi) is 4.08. The summed E-state index contributed by atoms with van der Waals surface area (Å²) < 4.78 is 0.548. The third-order valence-corrected chi connectivity index (χ3v) is 4.72. The van der Waals surface area contributed by atoms with Gasteiger partial charge in [0.25, 0.3) is 5.69 Å². The zero-order chi connectivity index (χ0) is 15.7. The molecule has 0 aliphatic carbocycles. The summed E-state index contributed by atoms with van der Waals surface area (Å²) in [6.07, 6.45) is 3.47. The van der Waals surface area contributed by atoms with E-state index in [1.807, 2.05) is 0 Å². The van der Waals surface area contributed by atoms with Crippen LogP contribution < -0.4 is 16.0 Å². The van der Waals surface area contributed by atoms with Gasteiger partial charge >= 0.3 is 0 Å². The maximum atomic E-state index is 11.2. The molecule has 1 aliphatic heterocycles. The van der Waals surface area contributed by atoms with Crippen molar-refractivity contribution < 1.29 is 4.92 Å². The Hall–Kier alpha value is -2.00. The Morgan fingerprint density at radius 3 is 2.77 bits per heavy atom. The van der Waals surface area contributed by atoms with Crippen LogP contribution in [0.15, 0.2) is 12.1 Å². The monoisotopic (exact) mass is 337 g/mol. The Bertz CT molecular complexity index is 739. The second-order valence-electron chi connectivity index (χ2n) is 5.09. The van der Waals surface area contributed by atoms with E-state index in [1.54, 1.807) is 12.1 Å². The second kappa shape index (κ2) is 6.01. The van der Waals surface area contributed by atoms with Crippen LogP contribution in [0.1, 0.15) is 19.3 Å². The summed E-state index contributed by atoms with van der Waals surface area (Å²) >= 11 is 6.01. The Morgan fingerprint density at radius 1 is 1.41 bits per heavy atom. The number of hydrogen-bond donors (Lipinski definition) is 2. The van der Waals surface area contributed by atoms with Crippen LogP contribution in [0.3, 0.4) is 0 Å². The Morgan fingerprint density at radius 2 is 2.14 bits per heavy atom. The molecule has 0 unspecified atom stereocenters. The fourth-order valence-corrected chi connectivity index (χ4v) is 3.82. The Labute approximate surface area is 136 Å². The van der Waals surface area contributed by atoms with Crippen LogP contribution in [0.5, 0.6) is 0 Å². The minimum absolute atomic E-state index is 0.0595. The van der Waals surface area contributed by atoms with E-state index >= 15 is 0 Å². The molecule has 7 nitrogen and oxygen atoms in total. The second-order valence-corrected chi connectivity index (χ2v) is 6.53. The molecule has 1 fully saturated rings. The first-order valence-electron chi connectivity index (χ1n) is 6.95. The number of thiazole rings is 1. The highest BCUT2D eigenvalue weighted by atomic mass is 32.1. The van der Waals surface area contributed by atoms with Gasteiger partial charge in [-0.25, -0.2) is 4.98 Å². The molecule has 2 aromatic rings. The molecule has 1 aromatic heterocycles. The van der Waals surface area contributed by atoms with E-state index in [9.17, 15) is 10.1 Å². The molecule has 0 saturated carbocycles. The molecule has 0 amide bonds. The molecule has 0 bridgehead atoms. The number of anilines is 2. The minimum Gasteiger partial charge on any atom is -0.376 e. The zero-order valence-corrected chi connectivity index (χ0v) is 13.4. The number of nitrogens with two attached hydrogens (primary N) is 1. The van der Waals surface area contributed by atoms with Crippen LogP contribution in [0.4, 0.5) is 16.5 Å². The van der Waals surface area contributed by atoms with Crippen molar-refractivity contribution in [1.82, 2.24) is 4.98 Å². The van der Waals surface area contributed by atoms with Crippen molar-refractivity contribution in [2.75, 3.05) is 23.3 Å². The predicted octanol–water partition coefficient (Wildman–Crippen LogP) is 2.85. The molecule has 3 rings (SSSR count). The normalized spacial score (nSPS) is 15.0. The Balaban J connectivity index is 2.12. The average Bonchev–Trinajstić information content (AvgIpc) is 2.89. The van der Waals surface area contributed by atoms with E-state index in [0.717, 1.165) is 31.6 Å². The zero-order valence-electron chi connectivity index (χ0n) is 11.7. The molecule has 0 atom stereocenters. The molecule has 0 radical (unpaired) electrons. The topological polar surface area (TPSA) is 97.3 Å². The maximum absolute atomic E-state index is 11.2. The summed E-state index contributed by atoms with van der Waals surface area (Å²) in [4.78, 5) is 17.6. The number of aromatic nitrogens is 1. The van der Waals surface area contributed by atoms with E-state index in [0.29, 0.717) is 15.3 Å². The lowest BCUT2D eigenvalue weighted by Gasteiger charge is -2.28. The minimum atomic E-state index is -0.384. The van der Waals surface area contributed by atoms with Gasteiger partial charge in [0, 0.05) is 19.2 Å². The number of nitrogens with one attached hydrogen (secondary N) is 1. The largest absolute Gasteiger partial charge is 0.376 e. The van der Waals surface area contributed by atoms with Crippen LogP contribution in [-0.2, 0) is 0 Å². The van der Waals surface area contributed by atoms with Crippen molar-refractivity contribution >= 4 is 55.4 Å². The lowest BCUT2D eigenvalue weighted by atomic mass is 10.1. The molecule has 9 heteroatoms. The SMILES string of the molecule is NC(=S)Nc1nc2c(N3CCCCC3)ccc([N+](=O)[O-])c2s1. The van der Waals surface area contributed by atoms with Crippen LogP contribution >= 0.6 is 23.6 Å². The first-order chi connectivity index (χ1) is 10.6. The maximum Gasteiger partial charge on any atom is 0.288 e. The summed E-state index contributed by atoms with van der Waals surface area (Å²) in [5, 5.41) is 14.6. The summed E-state index contributed by atoms with van der Waals surface area (Å²) in [6.45, 7) is 1.89. The smallest absolute Gasteiger partial charge is 0.288 e. The first-order valence-corrected chi connectivity index (χ1v) is 8.18. The number of nitrogens with zero attached hydrogens (tertiary/aromatic N) is 3. The molecule has 3 N–H and O–H groups in total. The van der Waals surface area contributed by atoms with E-state index in [-0.39, 0.29) is 15.7 Å². The van der Waals surface area contributed by atoms with Crippen molar-refractivity contribution in [2.24, 2.45) is 5.73 Å². The number of nitro groups is 1. The molecule has 116 valence electrons. The summed E-state index contributed by atoms with van der Waals surface area (Å²) in [7, 11) is 0. The van der Waals surface area contributed by atoms with Crippen molar-refractivity contribution in [3.05, 3.63) is 22.2 Å². The van der Waals surface area contributed by atoms with Gasteiger partial charge in [0.05, 0.1) is 10.6 Å². The van der Waals surface area contributed by atoms with Gasteiger partial charge < -0.3 is 16.0 Å². The fourth-order valence-electron chi connectivity index (χ4n) is 2.67. The molecule has 1 aromatic carbocycles. The number of rotatable bonds is 3. The fraction of sp³-hybridized carbons (Fsp3) is 0.385. The van der Waals surface area contributed by atoms with Gasteiger partial charge in [0.2, 0.25) is 0 Å². The van der Waals surface area contributed by atoms with Crippen molar-refractivity contribution in [1.29, 1.82) is 0 Å². The molecule has 2 heterocycles. The molecule has 1 aliphatic rings. The van der Waals surface area contributed by atoms with Crippen LogP contribution in [-0.4, -0.2) is 28.1 Å². The number of hydrogen-bond acceptors (Lipinski definition) is 6. The van der Waals surface area contributed by atoms with Gasteiger partial charge in [-0.3, -0.25) is 10.1 Å². The van der Waals surface area contributed by atoms with Crippen molar-refractivity contribution in [2.45, 2.75) is 19.3 Å². The lowest BCUT2D eigenvalue weighted by molar-refractivity contribution is -0.382. The van der Waals surface area contributed by atoms with E-state index in [2.05, 4.69) is 15.2 Å². The molecular formula is C13H15N5O2S2. The van der Waals surface area contributed by atoms with Crippen molar-refractivity contribution in [3.63, 3.8) is 0 Å². The van der Waals surface area contributed by atoms with Gasteiger partial charge in [-0.1, -0.05) is 11.3 Å². The number of non-ortho nitro benzene ring substituents is 1. The van der Waals surface area contributed by atoms with Gasteiger partial charge in [-0.15, -0.1) is 0 Å². The first kappa shape index (κ1) is 14.9. The molecule has 1 saturated heterocycles. The highest BCUT2D eigenvalue weighted by Gasteiger charge is 2.23. The van der Waals surface area contributed by atoms with Gasteiger partial charge in [-0.05, 0) is 37.5 Å². The number of benzene rings is 1. The lowest BCUT2D eigenvalue weighted by Crippen LogP contribution is -2.29. The van der Waals surface area contributed by atoms with Gasteiger partial charge in [0.1, 0.15) is 10.2 Å². The highest BCUT2D eigenvalue weighted by molar-refractivity contribution is 7.80. The average molecular weight is 337 g/mol. The summed E-state index contributed by atoms with van der Waals surface area (Å²) in [6, 6.07) is 3.34. The van der Waals surface area contributed by atoms with Crippen LogP contribution in [0.25, 0.3) is 10.2 Å². The third-order valence-electron chi connectivity index (χ3n) is 3.63. The van der Waals surface area contributed by atoms with Gasteiger partial charge in [0.15, 0.2) is 10.2 Å². The van der Waals surface area contributed by atoms with Crippen LogP contribution in [0, 0.1) is 10.1 Å². The number of nitro benzene ring substituents is 1. The van der Waals surface area contributed by atoms with Gasteiger partial charge in [-0.2, -0.15) is 0 Å². The highest BCUT2D eigenvalue weighted by Crippen LogP contribution is 2.39. The number of fused-ring (bicyclic) bond motifs is 1. The molecule has 0 spiro atoms. The van der Waals surface area contributed by atoms with E-state index in [1.165, 1.54) is 17.8 Å². The summed E-state index contributed by atoms with van der Waals surface area (Å²) in [5.41, 5.74) is 7.10. The van der Waals surface area contributed by atoms with E-state index in [4.69, 9.17) is 18.0 Å². The standard InChI is InChI=1S/C13H15N5O2S2/c14-12(21)16-13-15-10-8(17-6-2-1-3-7-17)4-5-9(18(19)20)11(10)22-13/h4-5H,1-3,6-7H2,(H3,14,15,16,21). The quantitative estimate of drug-likeness (QED) is 0.505. The predicted molar refractivity (Wildman–Crippen MR) is 92.7 cm³/mol. The van der Waals surface area contributed by atoms with Crippen molar-refractivity contribution in [3.8, 4) is 0 Å². The summed E-state index contributed by atoms with van der Waals surface area (Å²) in [5.74, 6) is 0. The number of thiocarbonyl (C=S) groups is 1. The molecular weight excluding hydrogens is 322 g/mol. The number of piperidine rings is 1. The molecule has 22 heavy (non-hydrogen) atoms. The van der Waals surface area contributed by atoms with Crippen LogP contribution in [0.2, 0.25) is 0 Å².